The monoisotopic (exact) mass is 288 g/mol. The van der Waals surface area contributed by atoms with Gasteiger partial charge in [-0.1, -0.05) is 0 Å². The van der Waals surface area contributed by atoms with E-state index >= 15 is 0 Å². The normalized spacial score (nSPS) is 26.4. The zero-order valence-corrected chi connectivity index (χ0v) is 12.5. The first-order chi connectivity index (χ1) is 9.04. The van der Waals surface area contributed by atoms with Crippen LogP contribution in [0.25, 0.3) is 0 Å². The lowest BCUT2D eigenvalue weighted by Gasteiger charge is -2.35. The molecule has 0 spiro atoms. The van der Waals surface area contributed by atoms with Gasteiger partial charge in [0.1, 0.15) is 0 Å². The van der Waals surface area contributed by atoms with Gasteiger partial charge in [-0.2, -0.15) is 0 Å². The van der Waals surface area contributed by atoms with Crippen LogP contribution in [0.15, 0.2) is 0 Å². The molecule has 0 aliphatic carbocycles. The van der Waals surface area contributed by atoms with Crippen molar-refractivity contribution < 1.29 is 13.2 Å². The molecule has 2 fully saturated rings. The predicted octanol–water partition coefficient (Wildman–Crippen LogP) is 1.06. The van der Waals surface area contributed by atoms with Crippen molar-refractivity contribution in [2.45, 2.75) is 39.0 Å². The predicted molar refractivity (Wildman–Crippen MR) is 74.2 cm³/mol. The summed E-state index contributed by atoms with van der Waals surface area (Å²) in [6.07, 6.45) is 4.98. The van der Waals surface area contributed by atoms with Crippen LogP contribution in [0.3, 0.4) is 0 Å². The molecular weight excluding hydrogens is 264 g/mol. The zero-order valence-electron chi connectivity index (χ0n) is 11.7. The van der Waals surface area contributed by atoms with E-state index in [-0.39, 0.29) is 17.6 Å². The van der Waals surface area contributed by atoms with E-state index in [1.165, 1.54) is 10.7 Å². The van der Waals surface area contributed by atoms with E-state index < -0.39 is 10.0 Å². The number of nitrogens with zero attached hydrogens (tertiary/aromatic N) is 2. The largest absolute Gasteiger partial charge is 0.342 e. The Morgan fingerprint density at radius 3 is 2.42 bits per heavy atom. The molecule has 2 aliphatic rings. The molecule has 2 rings (SSSR count). The van der Waals surface area contributed by atoms with E-state index in [1.54, 1.807) is 6.92 Å². The average molecular weight is 288 g/mol. The molecule has 0 aromatic heterocycles. The summed E-state index contributed by atoms with van der Waals surface area (Å²) in [6, 6.07) is 0. The van der Waals surface area contributed by atoms with Crippen molar-refractivity contribution in [1.82, 2.24) is 9.21 Å². The van der Waals surface area contributed by atoms with E-state index in [0.717, 1.165) is 38.8 Å². The van der Waals surface area contributed by atoms with E-state index in [1.807, 2.05) is 4.90 Å². The summed E-state index contributed by atoms with van der Waals surface area (Å²) < 4.78 is 25.3. The lowest BCUT2D eigenvalue weighted by Crippen LogP contribution is -2.48. The smallest absolute Gasteiger partial charge is 0.227 e. The van der Waals surface area contributed by atoms with Crippen LogP contribution in [-0.2, 0) is 14.8 Å². The molecule has 0 aromatic rings. The Morgan fingerprint density at radius 2 is 1.79 bits per heavy atom. The molecule has 0 saturated carbocycles. The Kier molecular flexibility index (Phi) is 4.84. The van der Waals surface area contributed by atoms with Gasteiger partial charge in [-0.15, -0.1) is 0 Å². The van der Waals surface area contributed by atoms with Gasteiger partial charge >= 0.3 is 0 Å². The van der Waals surface area contributed by atoms with Crippen molar-refractivity contribution in [2.75, 3.05) is 31.9 Å². The molecule has 0 radical (unpaired) electrons. The third kappa shape index (κ3) is 3.48. The maximum absolute atomic E-state index is 12.4. The van der Waals surface area contributed by atoms with Crippen molar-refractivity contribution in [3.8, 4) is 0 Å². The van der Waals surface area contributed by atoms with Crippen molar-refractivity contribution in [1.29, 1.82) is 0 Å². The van der Waals surface area contributed by atoms with E-state index in [4.69, 9.17) is 0 Å². The summed E-state index contributed by atoms with van der Waals surface area (Å²) in [5.74, 6) is 0.154. The molecule has 0 aromatic carbocycles. The Balaban J connectivity index is 1.98. The second-order valence-electron chi connectivity index (χ2n) is 5.48. The minimum Gasteiger partial charge on any atom is -0.342 e. The highest BCUT2D eigenvalue weighted by Crippen LogP contribution is 2.23. The first-order valence-corrected chi connectivity index (χ1v) is 8.92. The number of hydrogen-bond acceptors (Lipinski definition) is 3. The SMILES string of the molecule is CCS(=O)(=O)N1CCC[C@@H](C(=O)N2CCCCC2)C1. The summed E-state index contributed by atoms with van der Waals surface area (Å²) in [5, 5.41) is 0. The van der Waals surface area contributed by atoms with Gasteiger partial charge in [0.05, 0.1) is 11.7 Å². The topological polar surface area (TPSA) is 57.7 Å². The van der Waals surface area contributed by atoms with E-state index in [9.17, 15) is 13.2 Å². The maximum atomic E-state index is 12.4. The Labute approximate surface area is 116 Å². The number of sulfonamides is 1. The molecule has 0 N–H and O–H groups in total. The molecule has 0 unspecified atom stereocenters. The van der Waals surface area contributed by atoms with Gasteiger partial charge in [0.15, 0.2) is 0 Å². The van der Waals surface area contributed by atoms with Crippen LogP contribution in [0.2, 0.25) is 0 Å². The van der Waals surface area contributed by atoms with Crippen LogP contribution in [0.4, 0.5) is 0 Å². The van der Waals surface area contributed by atoms with Crippen molar-refractivity contribution >= 4 is 15.9 Å². The number of rotatable bonds is 3. The fourth-order valence-corrected chi connectivity index (χ4v) is 4.13. The quantitative estimate of drug-likeness (QED) is 0.780. The van der Waals surface area contributed by atoms with Crippen LogP contribution in [0.5, 0.6) is 0 Å². The van der Waals surface area contributed by atoms with Crippen LogP contribution in [0, 0.1) is 5.92 Å². The number of piperidine rings is 2. The van der Waals surface area contributed by atoms with Gasteiger partial charge in [-0.3, -0.25) is 4.79 Å². The molecule has 19 heavy (non-hydrogen) atoms. The summed E-state index contributed by atoms with van der Waals surface area (Å²) in [5.41, 5.74) is 0. The molecule has 2 saturated heterocycles. The highest BCUT2D eigenvalue weighted by molar-refractivity contribution is 7.89. The van der Waals surface area contributed by atoms with Crippen molar-refractivity contribution in [3.63, 3.8) is 0 Å². The molecule has 1 amide bonds. The molecule has 5 nitrogen and oxygen atoms in total. The van der Waals surface area contributed by atoms with E-state index in [0.29, 0.717) is 13.1 Å². The maximum Gasteiger partial charge on any atom is 0.227 e. The minimum atomic E-state index is -3.16. The number of carbonyl (C=O) groups is 1. The van der Waals surface area contributed by atoms with Crippen LogP contribution in [0.1, 0.15) is 39.0 Å². The van der Waals surface area contributed by atoms with Crippen molar-refractivity contribution in [2.24, 2.45) is 5.92 Å². The molecule has 6 heteroatoms. The van der Waals surface area contributed by atoms with Gasteiger partial charge in [0.25, 0.3) is 0 Å². The number of hydrogen-bond donors (Lipinski definition) is 0. The summed E-state index contributed by atoms with van der Waals surface area (Å²) >= 11 is 0. The van der Waals surface area contributed by atoms with Crippen LogP contribution in [-0.4, -0.2) is 55.5 Å². The second kappa shape index (κ2) is 6.22. The molecule has 1 atom stereocenters. The second-order valence-corrected chi connectivity index (χ2v) is 7.74. The summed E-state index contributed by atoms with van der Waals surface area (Å²) in [4.78, 5) is 14.3. The van der Waals surface area contributed by atoms with E-state index in [2.05, 4.69) is 0 Å². The Bertz CT molecular complexity index is 416. The molecular formula is C13H24N2O3S. The third-order valence-electron chi connectivity index (χ3n) is 4.16. The van der Waals surface area contributed by atoms with Crippen LogP contribution >= 0.6 is 0 Å². The minimum absolute atomic E-state index is 0.123. The molecule has 0 bridgehead atoms. The third-order valence-corrected chi connectivity index (χ3v) is 6.01. The van der Waals surface area contributed by atoms with Gasteiger partial charge in [-0.25, -0.2) is 12.7 Å². The number of carbonyl (C=O) groups excluding carboxylic acids is 1. The zero-order chi connectivity index (χ0) is 13.9. The van der Waals surface area contributed by atoms with Crippen molar-refractivity contribution in [3.05, 3.63) is 0 Å². The van der Waals surface area contributed by atoms with Gasteiger partial charge in [0, 0.05) is 26.2 Å². The highest BCUT2D eigenvalue weighted by atomic mass is 32.2. The lowest BCUT2D eigenvalue weighted by molar-refractivity contribution is -0.137. The number of likely N-dealkylation sites (tertiary alicyclic amines) is 1. The standard InChI is InChI=1S/C13H24N2O3S/c1-2-19(17,18)15-10-6-7-12(11-15)13(16)14-8-4-3-5-9-14/h12H,2-11H2,1H3/t12-/m1/s1. The molecule has 110 valence electrons. The van der Waals surface area contributed by atoms with Gasteiger partial charge in [0.2, 0.25) is 15.9 Å². The fourth-order valence-electron chi connectivity index (χ4n) is 2.95. The first-order valence-electron chi connectivity index (χ1n) is 7.31. The first kappa shape index (κ1) is 14.8. The summed E-state index contributed by atoms with van der Waals surface area (Å²) in [7, 11) is -3.16. The fraction of sp³-hybridized carbons (Fsp3) is 0.923. The summed E-state index contributed by atoms with van der Waals surface area (Å²) in [6.45, 7) is 4.29. The van der Waals surface area contributed by atoms with Crippen LogP contribution < -0.4 is 0 Å². The van der Waals surface area contributed by atoms with Gasteiger partial charge < -0.3 is 4.90 Å². The number of amides is 1. The van der Waals surface area contributed by atoms with Gasteiger partial charge in [-0.05, 0) is 39.0 Å². The highest BCUT2D eigenvalue weighted by Gasteiger charge is 2.33. The average Bonchev–Trinajstić information content (AvgIpc) is 2.47. The molecule has 2 aliphatic heterocycles. The molecule has 2 heterocycles. The Morgan fingerprint density at radius 1 is 1.11 bits per heavy atom. The lowest BCUT2D eigenvalue weighted by atomic mass is 9.97. The Hall–Kier alpha value is -0.620.